The lowest BCUT2D eigenvalue weighted by molar-refractivity contribution is 0.0394. The van der Waals surface area contributed by atoms with Crippen molar-refractivity contribution in [3.8, 4) is 11.5 Å². The average Bonchev–Trinajstić information content (AvgIpc) is 2.26. The molecule has 0 radical (unpaired) electrons. The van der Waals surface area contributed by atoms with Gasteiger partial charge in [0.2, 0.25) is 0 Å². The maximum atomic E-state index is 10.9. The molecule has 1 aromatic carbocycles. The highest BCUT2D eigenvalue weighted by Crippen LogP contribution is 2.36. The third-order valence-corrected chi connectivity index (χ3v) is 2.83. The van der Waals surface area contributed by atoms with Gasteiger partial charge in [0.05, 0.1) is 25.4 Å². The molecule has 0 aliphatic carbocycles. The number of phenolic OH excluding ortho intramolecular Hbond substituents is 1. The summed E-state index contributed by atoms with van der Waals surface area (Å²) < 4.78 is 10.7. The van der Waals surface area contributed by atoms with Gasteiger partial charge in [-0.25, -0.2) is 0 Å². The maximum absolute atomic E-state index is 10.9. The number of methoxy groups -OCH3 is 1. The van der Waals surface area contributed by atoms with E-state index in [-0.39, 0.29) is 17.4 Å². The number of phenols is 1. The summed E-state index contributed by atoms with van der Waals surface area (Å²) in [5, 5.41) is 9.71. The molecule has 0 fully saturated rings. The van der Waals surface area contributed by atoms with Gasteiger partial charge in [-0.2, -0.15) is 0 Å². The molecule has 1 heterocycles. The molecule has 1 N–H and O–H groups in total. The molecule has 86 valence electrons. The third-order valence-electron chi connectivity index (χ3n) is 2.83. The smallest absolute Gasteiger partial charge is 0.157 e. The monoisotopic (exact) mass is 222 g/mol. The second-order valence-electron chi connectivity index (χ2n) is 3.92. The van der Waals surface area contributed by atoms with E-state index in [2.05, 4.69) is 0 Å². The van der Waals surface area contributed by atoms with Gasteiger partial charge < -0.3 is 14.6 Å². The predicted octanol–water partition coefficient (Wildman–Crippen LogP) is 1.67. The van der Waals surface area contributed by atoms with Crippen molar-refractivity contribution in [2.75, 3.05) is 7.11 Å². The van der Waals surface area contributed by atoms with Gasteiger partial charge in [-0.3, -0.25) is 4.79 Å². The third kappa shape index (κ3) is 1.65. The molecular formula is C12H14O4. The summed E-state index contributed by atoms with van der Waals surface area (Å²) in [6.45, 7) is 2.39. The molecule has 0 spiro atoms. The Morgan fingerprint density at radius 2 is 2.38 bits per heavy atom. The van der Waals surface area contributed by atoms with Crippen molar-refractivity contribution in [2.24, 2.45) is 0 Å². The highest BCUT2D eigenvalue weighted by Gasteiger charge is 2.23. The SMILES string of the molecule is COc1c(C=O)c(O)cc2c1CO[C@@H](C)C2. The number of carbonyl (C=O) groups is 1. The molecule has 16 heavy (non-hydrogen) atoms. The molecule has 4 heteroatoms. The molecule has 2 rings (SSSR count). The Labute approximate surface area is 93.8 Å². The van der Waals surface area contributed by atoms with Gasteiger partial charge in [0, 0.05) is 5.56 Å². The summed E-state index contributed by atoms with van der Waals surface area (Å²) >= 11 is 0. The molecule has 0 saturated heterocycles. The minimum absolute atomic E-state index is 0.0281. The molecule has 0 bridgehead atoms. The molecular weight excluding hydrogens is 208 g/mol. The Hall–Kier alpha value is -1.55. The number of fused-ring (bicyclic) bond motifs is 1. The van der Waals surface area contributed by atoms with E-state index in [1.165, 1.54) is 7.11 Å². The summed E-state index contributed by atoms with van der Waals surface area (Å²) in [5.74, 6) is 0.400. The van der Waals surface area contributed by atoms with Crippen LogP contribution in [0.5, 0.6) is 11.5 Å². The van der Waals surface area contributed by atoms with Crippen LogP contribution in [0.3, 0.4) is 0 Å². The van der Waals surface area contributed by atoms with Crippen LogP contribution in [0.25, 0.3) is 0 Å². The summed E-state index contributed by atoms with van der Waals surface area (Å²) in [7, 11) is 1.49. The Kier molecular flexibility index (Phi) is 2.83. The van der Waals surface area contributed by atoms with E-state index in [9.17, 15) is 9.90 Å². The van der Waals surface area contributed by atoms with Gasteiger partial charge >= 0.3 is 0 Å². The zero-order valence-electron chi connectivity index (χ0n) is 9.32. The molecule has 0 saturated carbocycles. The molecule has 1 aliphatic heterocycles. The zero-order chi connectivity index (χ0) is 11.7. The topological polar surface area (TPSA) is 55.8 Å². The van der Waals surface area contributed by atoms with E-state index in [0.717, 1.165) is 17.5 Å². The molecule has 4 nitrogen and oxygen atoms in total. The van der Waals surface area contributed by atoms with Crippen LogP contribution >= 0.6 is 0 Å². The Bertz CT molecular complexity index is 426. The number of aromatic hydroxyl groups is 1. The van der Waals surface area contributed by atoms with Gasteiger partial charge in [-0.05, 0) is 25.0 Å². The Morgan fingerprint density at radius 1 is 1.62 bits per heavy atom. The standard InChI is InChI=1S/C12H14O4/c1-7-3-8-4-11(14)9(5-13)12(15-2)10(8)6-16-7/h4-5,7,14H,3,6H2,1-2H3/t7-/m0/s1. The van der Waals surface area contributed by atoms with Crippen molar-refractivity contribution in [3.63, 3.8) is 0 Å². The van der Waals surface area contributed by atoms with Gasteiger partial charge in [-0.1, -0.05) is 0 Å². The largest absolute Gasteiger partial charge is 0.507 e. The molecule has 1 atom stereocenters. The fraction of sp³-hybridized carbons (Fsp3) is 0.417. The predicted molar refractivity (Wildman–Crippen MR) is 58.0 cm³/mol. The lowest BCUT2D eigenvalue weighted by atomic mass is 9.95. The van der Waals surface area contributed by atoms with Crippen LogP contribution in [0, 0.1) is 0 Å². The number of carbonyl (C=O) groups excluding carboxylic acids is 1. The minimum atomic E-state index is -0.0281. The molecule has 1 aromatic rings. The molecule has 0 aromatic heterocycles. The fourth-order valence-electron chi connectivity index (χ4n) is 2.04. The van der Waals surface area contributed by atoms with Gasteiger partial charge in [0.15, 0.2) is 6.29 Å². The van der Waals surface area contributed by atoms with Gasteiger partial charge in [-0.15, -0.1) is 0 Å². The van der Waals surface area contributed by atoms with Crippen LogP contribution < -0.4 is 4.74 Å². The van der Waals surface area contributed by atoms with Crippen LogP contribution in [-0.2, 0) is 17.8 Å². The quantitative estimate of drug-likeness (QED) is 0.773. The van der Waals surface area contributed by atoms with Crippen molar-refractivity contribution >= 4 is 6.29 Å². The van der Waals surface area contributed by atoms with E-state index >= 15 is 0 Å². The highest BCUT2D eigenvalue weighted by atomic mass is 16.5. The molecule has 0 amide bonds. The number of hydrogen-bond acceptors (Lipinski definition) is 4. The Morgan fingerprint density at radius 3 is 3.00 bits per heavy atom. The van der Waals surface area contributed by atoms with Crippen LogP contribution in [0.1, 0.15) is 28.4 Å². The number of hydrogen-bond donors (Lipinski definition) is 1. The van der Waals surface area contributed by atoms with E-state index in [1.54, 1.807) is 6.07 Å². The Balaban J connectivity index is 2.60. The van der Waals surface area contributed by atoms with Crippen molar-refractivity contribution in [3.05, 3.63) is 22.8 Å². The maximum Gasteiger partial charge on any atom is 0.157 e. The van der Waals surface area contributed by atoms with Gasteiger partial charge in [0.25, 0.3) is 0 Å². The average molecular weight is 222 g/mol. The normalized spacial score (nSPS) is 19.0. The summed E-state index contributed by atoms with van der Waals surface area (Å²) in [4.78, 5) is 10.9. The van der Waals surface area contributed by atoms with Crippen LogP contribution in [0.15, 0.2) is 6.07 Å². The van der Waals surface area contributed by atoms with E-state index in [4.69, 9.17) is 9.47 Å². The summed E-state index contributed by atoms with van der Waals surface area (Å²) in [6.07, 6.45) is 1.45. The van der Waals surface area contributed by atoms with Crippen molar-refractivity contribution < 1.29 is 19.4 Å². The lowest BCUT2D eigenvalue weighted by Crippen LogP contribution is -2.20. The summed E-state index contributed by atoms with van der Waals surface area (Å²) in [6, 6.07) is 1.63. The zero-order valence-corrected chi connectivity index (χ0v) is 9.32. The second-order valence-corrected chi connectivity index (χ2v) is 3.92. The fourth-order valence-corrected chi connectivity index (χ4v) is 2.04. The first kappa shape index (κ1) is 11.0. The molecule has 1 aliphatic rings. The van der Waals surface area contributed by atoms with Crippen LogP contribution in [0.4, 0.5) is 0 Å². The van der Waals surface area contributed by atoms with Crippen molar-refractivity contribution in [2.45, 2.75) is 26.1 Å². The lowest BCUT2D eigenvalue weighted by Gasteiger charge is -2.25. The van der Waals surface area contributed by atoms with Gasteiger partial charge in [0.1, 0.15) is 11.5 Å². The first-order valence-electron chi connectivity index (χ1n) is 5.15. The number of benzene rings is 1. The van der Waals surface area contributed by atoms with Crippen molar-refractivity contribution in [1.82, 2.24) is 0 Å². The summed E-state index contributed by atoms with van der Waals surface area (Å²) in [5.41, 5.74) is 2.04. The van der Waals surface area contributed by atoms with Crippen LogP contribution in [0.2, 0.25) is 0 Å². The number of ether oxygens (including phenoxy) is 2. The molecule has 0 unspecified atom stereocenters. The highest BCUT2D eigenvalue weighted by molar-refractivity contribution is 5.85. The van der Waals surface area contributed by atoms with E-state index in [1.807, 2.05) is 6.92 Å². The van der Waals surface area contributed by atoms with Crippen LogP contribution in [-0.4, -0.2) is 24.6 Å². The number of rotatable bonds is 2. The minimum Gasteiger partial charge on any atom is -0.507 e. The first-order chi connectivity index (χ1) is 7.67. The number of aldehydes is 1. The first-order valence-corrected chi connectivity index (χ1v) is 5.15. The van der Waals surface area contributed by atoms with E-state index in [0.29, 0.717) is 18.6 Å². The van der Waals surface area contributed by atoms with E-state index < -0.39 is 0 Å². The van der Waals surface area contributed by atoms with Crippen molar-refractivity contribution in [1.29, 1.82) is 0 Å². The second kappa shape index (κ2) is 4.14.